The first-order valence-electron chi connectivity index (χ1n) is 7.50. The highest BCUT2D eigenvalue weighted by Gasteiger charge is 2.41. The molecule has 0 N–H and O–H groups in total. The Morgan fingerprint density at radius 3 is 2.82 bits per heavy atom. The molecule has 2 aliphatic rings. The van der Waals surface area contributed by atoms with E-state index in [1.807, 2.05) is 6.07 Å². The standard InChI is InChI=1S/C17H17BrN2OS/c1-10(2)17-20-13(11-5-3-4-6-14(11)21-17)9-12(19-20)15-7-8-16(18)22-15/h3-8,10,13,17H,9H2,1-2H3/t13-,17-/m0/s1. The fraction of sp³-hybridized carbons (Fsp3) is 0.353. The Morgan fingerprint density at radius 2 is 2.09 bits per heavy atom. The first-order chi connectivity index (χ1) is 10.6. The quantitative estimate of drug-likeness (QED) is 0.733. The SMILES string of the molecule is CC(C)[C@@H]1Oc2ccccc2[C@@H]2CC(c3ccc(Br)s3)=NN21. The third-order valence-electron chi connectivity index (χ3n) is 4.16. The predicted octanol–water partition coefficient (Wildman–Crippen LogP) is 5.04. The van der Waals surface area contributed by atoms with Crippen LogP contribution in [0.4, 0.5) is 0 Å². The second-order valence-electron chi connectivity index (χ2n) is 6.04. The molecular formula is C17H17BrN2OS. The van der Waals surface area contributed by atoms with Gasteiger partial charge in [0.05, 0.1) is 20.4 Å². The summed E-state index contributed by atoms with van der Waals surface area (Å²) in [5.74, 6) is 1.39. The van der Waals surface area contributed by atoms with Crippen LogP contribution in [0.5, 0.6) is 5.75 Å². The third kappa shape index (κ3) is 2.27. The average Bonchev–Trinajstić information content (AvgIpc) is 3.12. The van der Waals surface area contributed by atoms with Gasteiger partial charge >= 0.3 is 0 Å². The minimum absolute atomic E-state index is 0.000743. The summed E-state index contributed by atoms with van der Waals surface area (Å²) in [4.78, 5) is 1.24. The van der Waals surface area contributed by atoms with Gasteiger partial charge in [-0.1, -0.05) is 32.0 Å². The Bertz CT molecular complexity index is 740. The van der Waals surface area contributed by atoms with Gasteiger partial charge in [0.1, 0.15) is 5.75 Å². The molecule has 0 bridgehead atoms. The fourth-order valence-electron chi connectivity index (χ4n) is 3.12. The smallest absolute Gasteiger partial charge is 0.190 e. The van der Waals surface area contributed by atoms with Gasteiger partial charge in [-0.2, -0.15) is 5.10 Å². The Balaban J connectivity index is 1.75. The van der Waals surface area contributed by atoms with Crippen molar-refractivity contribution in [2.75, 3.05) is 0 Å². The highest BCUT2D eigenvalue weighted by atomic mass is 79.9. The zero-order valence-corrected chi connectivity index (χ0v) is 14.9. The number of ether oxygens (including phenoxy) is 1. The van der Waals surface area contributed by atoms with Gasteiger partial charge in [0.15, 0.2) is 6.23 Å². The molecule has 2 aromatic rings. The molecule has 3 nitrogen and oxygen atoms in total. The Kier molecular flexibility index (Phi) is 3.50. The van der Waals surface area contributed by atoms with Gasteiger partial charge in [0, 0.05) is 17.9 Å². The van der Waals surface area contributed by atoms with Crippen LogP contribution in [0.25, 0.3) is 0 Å². The largest absolute Gasteiger partial charge is 0.468 e. The second kappa shape index (κ2) is 5.39. The molecule has 0 spiro atoms. The molecule has 1 aromatic heterocycles. The van der Waals surface area contributed by atoms with E-state index in [9.17, 15) is 0 Å². The van der Waals surface area contributed by atoms with E-state index in [4.69, 9.17) is 9.84 Å². The summed E-state index contributed by atoms with van der Waals surface area (Å²) in [6, 6.07) is 12.9. The van der Waals surface area contributed by atoms with Crippen molar-refractivity contribution in [3.63, 3.8) is 0 Å². The molecule has 5 heteroatoms. The number of thiophene rings is 1. The molecule has 4 rings (SSSR count). The van der Waals surface area contributed by atoms with Crippen molar-refractivity contribution in [1.29, 1.82) is 0 Å². The zero-order chi connectivity index (χ0) is 15.3. The maximum atomic E-state index is 6.21. The number of hydrogen-bond acceptors (Lipinski definition) is 4. The first kappa shape index (κ1) is 14.3. The van der Waals surface area contributed by atoms with Crippen molar-refractivity contribution < 1.29 is 4.74 Å². The minimum atomic E-state index is 0.000743. The highest BCUT2D eigenvalue weighted by Crippen LogP contribution is 2.44. The van der Waals surface area contributed by atoms with Crippen molar-refractivity contribution in [1.82, 2.24) is 5.01 Å². The van der Waals surface area contributed by atoms with Gasteiger partial charge in [-0.3, -0.25) is 0 Å². The van der Waals surface area contributed by atoms with Gasteiger partial charge in [0.2, 0.25) is 0 Å². The number of halogens is 1. The molecule has 3 heterocycles. The Morgan fingerprint density at radius 1 is 1.27 bits per heavy atom. The minimum Gasteiger partial charge on any atom is -0.468 e. The molecule has 0 radical (unpaired) electrons. The molecule has 0 amide bonds. The van der Waals surface area contributed by atoms with E-state index in [0.29, 0.717) is 5.92 Å². The summed E-state index contributed by atoms with van der Waals surface area (Å²) in [5, 5.41) is 7.07. The van der Waals surface area contributed by atoms with Crippen molar-refractivity contribution in [3.05, 3.63) is 50.6 Å². The van der Waals surface area contributed by atoms with Gasteiger partial charge in [-0.15, -0.1) is 11.3 Å². The lowest BCUT2D eigenvalue weighted by atomic mass is 9.97. The van der Waals surface area contributed by atoms with E-state index in [0.717, 1.165) is 21.7 Å². The van der Waals surface area contributed by atoms with Crippen molar-refractivity contribution >= 4 is 33.0 Å². The van der Waals surface area contributed by atoms with E-state index in [1.165, 1.54) is 10.4 Å². The molecule has 0 aliphatic carbocycles. The molecule has 22 heavy (non-hydrogen) atoms. The van der Waals surface area contributed by atoms with Crippen molar-refractivity contribution in [2.45, 2.75) is 32.5 Å². The maximum absolute atomic E-state index is 6.21. The van der Waals surface area contributed by atoms with Gasteiger partial charge in [-0.05, 0) is 34.1 Å². The molecule has 1 aromatic carbocycles. The number of nitrogens with zero attached hydrogens (tertiary/aromatic N) is 2. The van der Waals surface area contributed by atoms with Crippen LogP contribution in [0.3, 0.4) is 0 Å². The topological polar surface area (TPSA) is 24.8 Å². The van der Waals surface area contributed by atoms with Crippen LogP contribution in [-0.4, -0.2) is 16.9 Å². The maximum Gasteiger partial charge on any atom is 0.190 e. The van der Waals surface area contributed by atoms with Crippen molar-refractivity contribution in [3.8, 4) is 5.75 Å². The summed E-state index contributed by atoms with van der Waals surface area (Å²) < 4.78 is 7.36. The van der Waals surface area contributed by atoms with Crippen LogP contribution in [0.1, 0.15) is 36.8 Å². The van der Waals surface area contributed by atoms with Crippen molar-refractivity contribution in [2.24, 2.45) is 11.0 Å². The molecule has 114 valence electrons. The van der Waals surface area contributed by atoms with Crippen LogP contribution < -0.4 is 4.74 Å². The third-order valence-corrected chi connectivity index (χ3v) is 5.83. The predicted molar refractivity (Wildman–Crippen MR) is 93.4 cm³/mol. The number of hydrogen-bond donors (Lipinski definition) is 0. The van der Waals surface area contributed by atoms with E-state index in [2.05, 4.69) is 65.1 Å². The summed E-state index contributed by atoms with van der Waals surface area (Å²) in [7, 11) is 0. The number of rotatable bonds is 2. The molecule has 2 atom stereocenters. The normalized spacial score (nSPS) is 23.1. The first-order valence-corrected chi connectivity index (χ1v) is 9.11. The van der Waals surface area contributed by atoms with Crippen LogP contribution in [0, 0.1) is 5.92 Å². The van der Waals surface area contributed by atoms with Crippen LogP contribution in [0.15, 0.2) is 45.3 Å². The monoisotopic (exact) mass is 376 g/mol. The second-order valence-corrected chi connectivity index (χ2v) is 8.50. The van der Waals surface area contributed by atoms with E-state index >= 15 is 0 Å². The van der Waals surface area contributed by atoms with Gasteiger partial charge in [0.25, 0.3) is 0 Å². The zero-order valence-electron chi connectivity index (χ0n) is 12.5. The highest BCUT2D eigenvalue weighted by molar-refractivity contribution is 9.11. The van der Waals surface area contributed by atoms with Gasteiger partial charge < -0.3 is 4.74 Å². The summed E-state index contributed by atoms with van der Waals surface area (Å²) in [6.45, 7) is 4.37. The van der Waals surface area contributed by atoms with Crippen LogP contribution >= 0.6 is 27.3 Å². The average molecular weight is 377 g/mol. The van der Waals surface area contributed by atoms with Crippen LogP contribution in [-0.2, 0) is 0 Å². The molecule has 0 unspecified atom stereocenters. The lowest BCUT2D eigenvalue weighted by Gasteiger charge is -2.39. The number of benzene rings is 1. The van der Waals surface area contributed by atoms with E-state index in [-0.39, 0.29) is 12.3 Å². The summed E-state index contributed by atoms with van der Waals surface area (Å²) >= 11 is 5.28. The summed E-state index contributed by atoms with van der Waals surface area (Å²) in [6.07, 6.45) is 0.942. The molecule has 0 fully saturated rings. The number of para-hydroxylation sites is 1. The lowest BCUT2D eigenvalue weighted by molar-refractivity contribution is -0.0461. The summed E-state index contributed by atoms with van der Waals surface area (Å²) in [5.41, 5.74) is 2.40. The number of fused-ring (bicyclic) bond motifs is 3. The van der Waals surface area contributed by atoms with E-state index in [1.54, 1.807) is 11.3 Å². The Labute approximate surface area is 142 Å². The number of hydrazone groups is 1. The van der Waals surface area contributed by atoms with Gasteiger partial charge in [-0.25, -0.2) is 5.01 Å². The lowest BCUT2D eigenvalue weighted by Crippen LogP contribution is -2.43. The van der Waals surface area contributed by atoms with Crippen LogP contribution in [0.2, 0.25) is 0 Å². The molecular weight excluding hydrogens is 360 g/mol. The fourth-order valence-corrected chi connectivity index (χ4v) is 4.50. The molecule has 2 aliphatic heterocycles. The Hall–Kier alpha value is -1.33. The molecule has 0 saturated carbocycles. The molecule has 0 saturated heterocycles. The van der Waals surface area contributed by atoms with E-state index < -0.39 is 0 Å².